The van der Waals surface area contributed by atoms with Crippen molar-refractivity contribution in [1.82, 2.24) is 20.5 Å². The Labute approximate surface area is 211 Å². The summed E-state index contributed by atoms with van der Waals surface area (Å²) in [6, 6.07) is 11.0. The SMILES string of the molecule is CNC(=O)N(C)CC#Cc1cc2c(c(C(=O)N[C@@H](CO)Cc3c[nH]c4ccccc34)c1)OCCCC2. The molecule has 0 unspecified atom stereocenters. The number of amides is 3. The lowest BCUT2D eigenvalue weighted by atomic mass is 9.99. The fraction of sp³-hybridized carbons (Fsp3) is 0.357. The number of para-hydroxylation sites is 1. The minimum absolute atomic E-state index is 0.195. The number of hydrogen-bond acceptors (Lipinski definition) is 4. The number of aromatic amines is 1. The third kappa shape index (κ3) is 5.81. The molecule has 36 heavy (non-hydrogen) atoms. The van der Waals surface area contributed by atoms with Gasteiger partial charge in [0.2, 0.25) is 0 Å². The second-order valence-electron chi connectivity index (χ2n) is 8.95. The Bertz CT molecular complexity index is 1300. The van der Waals surface area contributed by atoms with E-state index in [4.69, 9.17) is 4.74 Å². The molecule has 1 aromatic heterocycles. The van der Waals surface area contributed by atoms with Gasteiger partial charge in [-0.25, -0.2) is 4.79 Å². The van der Waals surface area contributed by atoms with Gasteiger partial charge in [-0.2, -0.15) is 0 Å². The van der Waals surface area contributed by atoms with Crippen molar-refractivity contribution in [3.8, 4) is 17.6 Å². The van der Waals surface area contributed by atoms with Crippen molar-refractivity contribution >= 4 is 22.8 Å². The lowest BCUT2D eigenvalue weighted by Crippen LogP contribution is -2.39. The second-order valence-corrected chi connectivity index (χ2v) is 8.95. The van der Waals surface area contributed by atoms with Gasteiger partial charge < -0.3 is 30.4 Å². The molecule has 0 aliphatic carbocycles. The Balaban J connectivity index is 1.57. The average molecular weight is 489 g/mol. The zero-order valence-corrected chi connectivity index (χ0v) is 20.7. The Kier molecular flexibility index (Phi) is 8.13. The first-order chi connectivity index (χ1) is 17.5. The maximum atomic E-state index is 13.4. The molecule has 0 fully saturated rings. The molecule has 3 aromatic rings. The van der Waals surface area contributed by atoms with E-state index in [1.54, 1.807) is 20.2 Å². The van der Waals surface area contributed by atoms with E-state index in [-0.39, 0.29) is 25.1 Å². The van der Waals surface area contributed by atoms with Crippen LogP contribution in [0.3, 0.4) is 0 Å². The topological polar surface area (TPSA) is 107 Å². The van der Waals surface area contributed by atoms with Crippen LogP contribution in [0, 0.1) is 11.8 Å². The minimum Gasteiger partial charge on any atom is -0.492 e. The van der Waals surface area contributed by atoms with Crippen molar-refractivity contribution in [2.24, 2.45) is 0 Å². The third-order valence-corrected chi connectivity index (χ3v) is 6.30. The summed E-state index contributed by atoms with van der Waals surface area (Å²) in [7, 11) is 3.24. The molecule has 0 bridgehead atoms. The largest absolute Gasteiger partial charge is 0.492 e. The Morgan fingerprint density at radius 1 is 1.25 bits per heavy atom. The molecule has 3 amide bonds. The molecule has 1 aliphatic rings. The number of nitrogens with zero attached hydrogens (tertiary/aromatic N) is 1. The van der Waals surface area contributed by atoms with Gasteiger partial charge in [-0.15, -0.1) is 0 Å². The van der Waals surface area contributed by atoms with Gasteiger partial charge in [0.25, 0.3) is 5.91 Å². The maximum Gasteiger partial charge on any atom is 0.317 e. The van der Waals surface area contributed by atoms with Crippen molar-refractivity contribution in [2.45, 2.75) is 31.7 Å². The predicted molar refractivity (Wildman–Crippen MR) is 139 cm³/mol. The summed E-state index contributed by atoms with van der Waals surface area (Å²) in [5.41, 5.74) is 4.09. The number of aromatic nitrogens is 1. The van der Waals surface area contributed by atoms with Gasteiger partial charge in [-0.1, -0.05) is 30.0 Å². The van der Waals surface area contributed by atoms with Crippen LogP contribution in [0.25, 0.3) is 10.9 Å². The van der Waals surface area contributed by atoms with E-state index in [9.17, 15) is 14.7 Å². The standard InChI is InChI=1S/C28H32N4O4/c1-29-28(35)32(2)12-7-8-19-14-20-9-5-6-13-36-26(20)24(15-19)27(34)31-22(18-33)16-21-17-30-25-11-4-3-10-23(21)25/h3-4,10-11,14-15,17,22,30,33H,5-6,9,12-13,16,18H2,1-2H3,(H,29,35)(H,31,34)/t22-/m1/s1. The summed E-state index contributed by atoms with van der Waals surface area (Å²) >= 11 is 0. The first kappa shape index (κ1) is 25.1. The van der Waals surface area contributed by atoms with Crippen molar-refractivity contribution in [3.05, 3.63) is 64.8 Å². The number of fused-ring (bicyclic) bond motifs is 2. The van der Waals surface area contributed by atoms with Crippen molar-refractivity contribution in [1.29, 1.82) is 0 Å². The number of aliphatic hydroxyl groups excluding tert-OH is 1. The predicted octanol–water partition coefficient (Wildman–Crippen LogP) is 2.84. The fourth-order valence-electron chi connectivity index (χ4n) is 4.39. The highest BCUT2D eigenvalue weighted by Gasteiger charge is 2.22. The van der Waals surface area contributed by atoms with Gasteiger partial charge in [0, 0.05) is 36.8 Å². The van der Waals surface area contributed by atoms with Crippen molar-refractivity contribution < 1.29 is 19.4 Å². The number of rotatable bonds is 6. The van der Waals surface area contributed by atoms with E-state index in [0.29, 0.717) is 29.9 Å². The minimum atomic E-state index is -0.464. The molecular weight excluding hydrogens is 456 g/mol. The van der Waals surface area contributed by atoms with Crippen LogP contribution in [0.5, 0.6) is 5.75 Å². The summed E-state index contributed by atoms with van der Waals surface area (Å²) in [6.07, 6.45) is 5.07. The van der Waals surface area contributed by atoms with Crippen LogP contribution in [0.1, 0.15) is 39.9 Å². The third-order valence-electron chi connectivity index (χ3n) is 6.30. The molecule has 1 atom stereocenters. The van der Waals surface area contributed by atoms with E-state index >= 15 is 0 Å². The molecule has 0 saturated heterocycles. The molecule has 8 heteroatoms. The number of urea groups is 1. The van der Waals surface area contributed by atoms with Crippen molar-refractivity contribution in [2.75, 3.05) is 33.9 Å². The van der Waals surface area contributed by atoms with Crippen LogP contribution in [-0.2, 0) is 12.8 Å². The lowest BCUT2D eigenvalue weighted by molar-refractivity contribution is 0.0912. The average Bonchev–Trinajstić information content (AvgIpc) is 3.14. The van der Waals surface area contributed by atoms with Crippen LogP contribution >= 0.6 is 0 Å². The van der Waals surface area contributed by atoms with Gasteiger partial charge in [0.15, 0.2) is 0 Å². The molecule has 1 aliphatic heterocycles. The number of nitrogens with one attached hydrogen (secondary N) is 3. The van der Waals surface area contributed by atoms with Crippen LogP contribution in [0.15, 0.2) is 42.6 Å². The fourth-order valence-corrected chi connectivity index (χ4v) is 4.39. The molecule has 0 saturated carbocycles. The van der Waals surface area contributed by atoms with E-state index in [1.807, 2.05) is 36.5 Å². The Morgan fingerprint density at radius 2 is 2.08 bits per heavy atom. The maximum absolute atomic E-state index is 13.4. The summed E-state index contributed by atoms with van der Waals surface area (Å²) in [4.78, 5) is 29.8. The first-order valence-corrected chi connectivity index (χ1v) is 12.2. The van der Waals surface area contributed by atoms with Crippen LogP contribution in [0.2, 0.25) is 0 Å². The number of carbonyl (C=O) groups is 2. The highest BCUT2D eigenvalue weighted by atomic mass is 16.5. The van der Waals surface area contributed by atoms with Crippen LogP contribution in [0.4, 0.5) is 4.79 Å². The van der Waals surface area contributed by atoms with E-state index in [0.717, 1.165) is 41.3 Å². The Morgan fingerprint density at radius 3 is 2.89 bits per heavy atom. The summed E-state index contributed by atoms with van der Waals surface area (Å²) < 4.78 is 5.99. The van der Waals surface area contributed by atoms with Gasteiger partial charge in [0.1, 0.15) is 5.75 Å². The molecule has 2 aromatic carbocycles. The zero-order valence-electron chi connectivity index (χ0n) is 20.7. The monoisotopic (exact) mass is 488 g/mol. The number of benzene rings is 2. The molecule has 8 nitrogen and oxygen atoms in total. The summed E-state index contributed by atoms with van der Waals surface area (Å²) in [5.74, 6) is 6.36. The normalized spacial score (nSPS) is 13.4. The van der Waals surface area contributed by atoms with Crippen molar-refractivity contribution in [3.63, 3.8) is 0 Å². The Hall–Kier alpha value is -3.96. The number of aryl methyl sites for hydroxylation is 1. The number of hydrogen-bond donors (Lipinski definition) is 4. The molecule has 188 valence electrons. The number of H-pyrrole nitrogens is 1. The smallest absolute Gasteiger partial charge is 0.317 e. The van der Waals surface area contributed by atoms with E-state index < -0.39 is 6.04 Å². The molecule has 0 radical (unpaired) electrons. The quantitative estimate of drug-likeness (QED) is 0.400. The molecule has 2 heterocycles. The summed E-state index contributed by atoms with van der Waals surface area (Å²) in [5, 5.41) is 16.7. The van der Waals surface area contributed by atoms with Gasteiger partial charge in [-0.3, -0.25) is 4.79 Å². The molecule has 4 N–H and O–H groups in total. The highest BCUT2D eigenvalue weighted by Crippen LogP contribution is 2.30. The molecular formula is C28H32N4O4. The van der Waals surface area contributed by atoms with Gasteiger partial charge in [0.05, 0.1) is 31.4 Å². The lowest BCUT2D eigenvalue weighted by Gasteiger charge is -2.19. The number of aliphatic hydroxyl groups is 1. The van der Waals surface area contributed by atoms with Crippen LogP contribution < -0.4 is 15.4 Å². The molecule has 0 spiro atoms. The van der Waals surface area contributed by atoms with Gasteiger partial charge in [-0.05, 0) is 55.0 Å². The number of ether oxygens (including phenoxy) is 1. The zero-order chi connectivity index (χ0) is 25.5. The number of carbonyl (C=O) groups excluding carboxylic acids is 2. The van der Waals surface area contributed by atoms with E-state index in [1.165, 1.54) is 4.90 Å². The van der Waals surface area contributed by atoms with Crippen LogP contribution in [-0.4, -0.2) is 66.8 Å². The van der Waals surface area contributed by atoms with Gasteiger partial charge >= 0.3 is 6.03 Å². The second kappa shape index (κ2) is 11.6. The first-order valence-electron chi connectivity index (χ1n) is 12.2. The molecule has 4 rings (SSSR count). The van der Waals surface area contributed by atoms with E-state index in [2.05, 4.69) is 27.5 Å². The summed E-state index contributed by atoms with van der Waals surface area (Å²) in [6.45, 7) is 0.611. The highest BCUT2D eigenvalue weighted by molar-refractivity contribution is 5.98.